The van der Waals surface area contributed by atoms with Gasteiger partial charge in [-0.15, -0.1) is 0 Å². The monoisotopic (exact) mass is 410 g/mol. The summed E-state index contributed by atoms with van der Waals surface area (Å²) in [6.07, 6.45) is 0.384. The van der Waals surface area contributed by atoms with Gasteiger partial charge in [0.2, 0.25) is 17.7 Å². The summed E-state index contributed by atoms with van der Waals surface area (Å²) in [4.78, 5) is 36.2. The zero-order valence-corrected chi connectivity index (χ0v) is 18.2. The lowest BCUT2D eigenvalue weighted by Gasteiger charge is -2.18. The van der Waals surface area contributed by atoms with Crippen molar-refractivity contribution in [2.75, 3.05) is 27.8 Å². The molecule has 2 rings (SSSR count). The molecule has 0 saturated heterocycles. The SMILES string of the molecule is CCC(=O)Nc1cccc(NC(=O)CNc2cccc(NC(=O)C(C)(C)C)c2)c1C. The summed E-state index contributed by atoms with van der Waals surface area (Å²) in [6, 6.07) is 12.6. The Kier molecular flexibility index (Phi) is 7.58. The number of nitrogens with one attached hydrogen (secondary N) is 4. The Morgan fingerprint density at radius 3 is 2.00 bits per heavy atom. The highest BCUT2D eigenvalue weighted by atomic mass is 16.2. The number of carbonyl (C=O) groups is 3. The van der Waals surface area contributed by atoms with Gasteiger partial charge in [0.15, 0.2) is 0 Å². The Morgan fingerprint density at radius 1 is 0.833 bits per heavy atom. The average Bonchev–Trinajstić information content (AvgIpc) is 2.69. The maximum absolute atomic E-state index is 12.4. The molecular formula is C23H30N4O3. The first-order valence-electron chi connectivity index (χ1n) is 9.95. The predicted molar refractivity (Wildman–Crippen MR) is 122 cm³/mol. The topological polar surface area (TPSA) is 99.3 Å². The Hall–Kier alpha value is -3.35. The summed E-state index contributed by atoms with van der Waals surface area (Å²) in [5.74, 6) is -0.384. The molecular weight excluding hydrogens is 380 g/mol. The Bertz CT molecular complexity index is 932. The van der Waals surface area contributed by atoms with E-state index >= 15 is 0 Å². The van der Waals surface area contributed by atoms with Crippen LogP contribution < -0.4 is 21.3 Å². The summed E-state index contributed by atoms with van der Waals surface area (Å²) >= 11 is 0. The molecule has 30 heavy (non-hydrogen) atoms. The van der Waals surface area contributed by atoms with Crippen LogP contribution in [0.1, 0.15) is 39.7 Å². The highest BCUT2D eigenvalue weighted by Crippen LogP contribution is 2.24. The standard InChI is InChI=1S/C23H30N4O3/c1-6-20(28)26-18-11-8-12-19(15(18)2)27-21(29)14-24-16-9-7-10-17(13-16)25-22(30)23(3,4)5/h7-13,24H,6,14H2,1-5H3,(H,25,30)(H,26,28)(H,27,29). The van der Waals surface area contributed by atoms with Crippen molar-refractivity contribution in [3.63, 3.8) is 0 Å². The van der Waals surface area contributed by atoms with Crippen LogP contribution in [0.4, 0.5) is 22.7 Å². The van der Waals surface area contributed by atoms with Crippen LogP contribution in [0.3, 0.4) is 0 Å². The number of hydrogen-bond acceptors (Lipinski definition) is 4. The van der Waals surface area contributed by atoms with Gasteiger partial charge in [0.1, 0.15) is 0 Å². The third kappa shape index (κ3) is 6.62. The smallest absolute Gasteiger partial charge is 0.243 e. The van der Waals surface area contributed by atoms with E-state index in [0.717, 1.165) is 11.3 Å². The van der Waals surface area contributed by atoms with Crippen LogP contribution in [0.25, 0.3) is 0 Å². The molecule has 0 bridgehead atoms. The van der Waals surface area contributed by atoms with Crippen molar-refractivity contribution in [3.8, 4) is 0 Å². The number of hydrogen-bond donors (Lipinski definition) is 4. The van der Waals surface area contributed by atoms with Crippen LogP contribution in [-0.4, -0.2) is 24.3 Å². The van der Waals surface area contributed by atoms with E-state index < -0.39 is 5.41 Å². The summed E-state index contributed by atoms with van der Waals surface area (Å²) in [5.41, 5.74) is 3.00. The molecule has 2 aromatic carbocycles. The molecule has 0 fully saturated rings. The first-order chi connectivity index (χ1) is 14.1. The lowest BCUT2D eigenvalue weighted by atomic mass is 9.95. The highest BCUT2D eigenvalue weighted by Gasteiger charge is 2.21. The van der Waals surface area contributed by atoms with Crippen LogP contribution in [0, 0.1) is 12.3 Å². The van der Waals surface area contributed by atoms with Crippen molar-refractivity contribution >= 4 is 40.5 Å². The van der Waals surface area contributed by atoms with E-state index in [1.54, 1.807) is 37.3 Å². The van der Waals surface area contributed by atoms with E-state index in [1.165, 1.54) is 0 Å². The maximum atomic E-state index is 12.4. The zero-order valence-electron chi connectivity index (χ0n) is 18.2. The van der Waals surface area contributed by atoms with Gasteiger partial charge in [0, 0.05) is 34.6 Å². The first-order valence-corrected chi connectivity index (χ1v) is 9.95. The van der Waals surface area contributed by atoms with E-state index in [2.05, 4.69) is 21.3 Å². The highest BCUT2D eigenvalue weighted by molar-refractivity contribution is 5.97. The van der Waals surface area contributed by atoms with E-state index in [9.17, 15) is 14.4 Å². The largest absolute Gasteiger partial charge is 0.376 e. The lowest BCUT2D eigenvalue weighted by molar-refractivity contribution is -0.123. The molecule has 0 aliphatic heterocycles. The number of rotatable bonds is 7. The Balaban J connectivity index is 1.97. The molecule has 0 radical (unpaired) electrons. The van der Waals surface area contributed by atoms with Crippen molar-refractivity contribution < 1.29 is 14.4 Å². The number of benzene rings is 2. The van der Waals surface area contributed by atoms with Crippen molar-refractivity contribution in [1.29, 1.82) is 0 Å². The van der Waals surface area contributed by atoms with Crippen LogP contribution in [0.2, 0.25) is 0 Å². The molecule has 160 valence electrons. The molecule has 3 amide bonds. The van der Waals surface area contributed by atoms with Crippen LogP contribution in [0.15, 0.2) is 42.5 Å². The fourth-order valence-electron chi connectivity index (χ4n) is 2.55. The van der Waals surface area contributed by atoms with E-state index in [1.807, 2.05) is 39.8 Å². The van der Waals surface area contributed by atoms with Gasteiger partial charge in [-0.1, -0.05) is 39.8 Å². The van der Waals surface area contributed by atoms with Gasteiger partial charge in [0.05, 0.1) is 6.54 Å². The molecule has 7 heteroatoms. The maximum Gasteiger partial charge on any atom is 0.243 e. The third-order valence-electron chi connectivity index (χ3n) is 4.46. The van der Waals surface area contributed by atoms with Gasteiger partial charge in [-0.2, -0.15) is 0 Å². The van der Waals surface area contributed by atoms with Crippen molar-refractivity contribution in [3.05, 3.63) is 48.0 Å². The minimum absolute atomic E-state index is 0.0572. The Morgan fingerprint density at radius 2 is 1.40 bits per heavy atom. The van der Waals surface area contributed by atoms with Crippen molar-refractivity contribution in [2.45, 2.75) is 41.0 Å². The number of carbonyl (C=O) groups excluding carboxylic acids is 3. The fraction of sp³-hybridized carbons (Fsp3) is 0.348. The minimum Gasteiger partial charge on any atom is -0.376 e. The van der Waals surface area contributed by atoms with Gasteiger partial charge in [-0.3, -0.25) is 14.4 Å². The predicted octanol–water partition coefficient (Wildman–Crippen LogP) is 4.38. The second-order valence-electron chi connectivity index (χ2n) is 8.07. The third-order valence-corrected chi connectivity index (χ3v) is 4.46. The number of amides is 3. The summed E-state index contributed by atoms with van der Waals surface area (Å²) in [7, 11) is 0. The summed E-state index contributed by atoms with van der Waals surface area (Å²) in [5, 5.41) is 11.6. The zero-order chi connectivity index (χ0) is 22.3. The molecule has 7 nitrogen and oxygen atoms in total. The molecule has 0 saturated carbocycles. The van der Waals surface area contributed by atoms with Gasteiger partial charge in [0.25, 0.3) is 0 Å². The first kappa shape index (κ1) is 22.9. The lowest BCUT2D eigenvalue weighted by Crippen LogP contribution is -2.27. The summed E-state index contributed by atoms with van der Waals surface area (Å²) in [6.45, 7) is 9.22. The van der Waals surface area contributed by atoms with Crippen molar-refractivity contribution in [1.82, 2.24) is 0 Å². The van der Waals surface area contributed by atoms with Gasteiger partial charge >= 0.3 is 0 Å². The van der Waals surface area contributed by atoms with E-state index in [-0.39, 0.29) is 24.3 Å². The molecule has 0 aliphatic carbocycles. The fourth-order valence-corrected chi connectivity index (χ4v) is 2.55. The Labute approximate surface area is 177 Å². The van der Waals surface area contributed by atoms with Gasteiger partial charge in [-0.25, -0.2) is 0 Å². The van der Waals surface area contributed by atoms with Gasteiger partial charge in [-0.05, 0) is 42.8 Å². The normalized spacial score (nSPS) is 10.8. The van der Waals surface area contributed by atoms with Gasteiger partial charge < -0.3 is 21.3 Å². The molecule has 0 aliphatic rings. The van der Waals surface area contributed by atoms with E-state index in [4.69, 9.17) is 0 Å². The average molecular weight is 411 g/mol. The molecule has 0 atom stereocenters. The molecule has 0 aromatic heterocycles. The van der Waals surface area contributed by atoms with Crippen LogP contribution in [0.5, 0.6) is 0 Å². The molecule has 0 heterocycles. The molecule has 0 spiro atoms. The quantitative estimate of drug-likeness (QED) is 0.544. The summed E-state index contributed by atoms with van der Waals surface area (Å²) < 4.78 is 0. The number of anilines is 4. The minimum atomic E-state index is -0.494. The van der Waals surface area contributed by atoms with Crippen LogP contribution >= 0.6 is 0 Å². The van der Waals surface area contributed by atoms with Crippen molar-refractivity contribution in [2.24, 2.45) is 5.41 Å². The second kappa shape index (κ2) is 9.91. The van der Waals surface area contributed by atoms with Crippen LogP contribution in [-0.2, 0) is 14.4 Å². The second-order valence-corrected chi connectivity index (χ2v) is 8.07. The molecule has 2 aromatic rings. The molecule has 0 unspecified atom stereocenters. The molecule has 4 N–H and O–H groups in total. The van der Waals surface area contributed by atoms with E-state index in [0.29, 0.717) is 23.5 Å².